The third-order valence-corrected chi connectivity index (χ3v) is 5.85. The minimum atomic E-state index is -1.30. The van der Waals surface area contributed by atoms with Crippen molar-refractivity contribution in [3.8, 4) is 5.75 Å². The molecule has 1 heterocycles. The average molecular weight is 535 g/mol. The highest BCUT2D eigenvalue weighted by molar-refractivity contribution is 7.80. The van der Waals surface area contributed by atoms with Gasteiger partial charge in [0.05, 0.1) is 12.4 Å². The van der Waals surface area contributed by atoms with E-state index in [2.05, 4.69) is 38.5 Å². The zero-order chi connectivity index (χ0) is 27.5. The zero-order valence-corrected chi connectivity index (χ0v) is 21.6. The Balaban J connectivity index is 2.14. The largest absolute Gasteiger partial charge is 0.508 e. The fourth-order valence-electron chi connectivity index (χ4n) is 3.53. The number of carboxylic acid groups (broad SMARTS) is 1. The van der Waals surface area contributed by atoms with Crippen LogP contribution in [0.25, 0.3) is 0 Å². The molecule has 12 nitrogen and oxygen atoms in total. The summed E-state index contributed by atoms with van der Waals surface area (Å²) >= 11 is 4.15. The van der Waals surface area contributed by atoms with Gasteiger partial charge in [0.1, 0.15) is 23.9 Å². The minimum absolute atomic E-state index is 0.0107. The molecule has 0 saturated heterocycles. The fourth-order valence-corrected chi connectivity index (χ4v) is 3.78. The van der Waals surface area contributed by atoms with Gasteiger partial charge in [-0.1, -0.05) is 26.0 Å². The van der Waals surface area contributed by atoms with E-state index in [1.807, 2.05) is 13.8 Å². The van der Waals surface area contributed by atoms with Crippen LogP contribution in [0, 0.1) is 5.92 Å². The van der Waals surface area contributed by atoms with Gasteiger partial charge in [0, 0.05) is 30.5 Å². The Morgan fingerprint density at radius 2 is 1.57 bits per heavy atom. The second kappa shape index (κ2) is 14.2. The van der Waals surface area contributed by atoms with E-state index in [0.29, 0.717) is 17.7 Å². The number of rotatable bonds is 14. The Morgan fingerprint density at radius 3 is 2.11 bits per heavy atom. The molecular weight excluding hydrogens is 500 g/mol. The predicted octanol–water partition coefficient (Wildman–Crippen LogP) is -0.257. The fraction of sp³-hybridized carbons (Fsp3) is 0.458. The number of phenols is 1. The summed E-state index contributed by atoms with van der Waals surface area (Å²) in [5, 5.41) is 26.7. The molecule has 202 valence electrons. The Morgan fingerprint density at radius 1 is 0.973 bits per heavy atom. The van der Waals surface area contributed by atoms with Crippen LogP contribution in [0.3, 0.4) is 0 Å². The van der Waals surface area contributed by atoms with Gasteiger partial charge in [0.15, 0.2) is 0 Å². The van der Waals surface area contributed by atoms with E-state index in [0.717, 1.165) is 0 Å². The maximum atomic E-state index is 13.1. The van der Waals surface area contributed by atoms with Crippen LogP contribution < -0.4 is 21.7 Å². The van der Waals surface area contributed by atoms with Crippen LogP contribution in [0.5, 0.6) is 5.75 Å². The van der Waals surface area contributed by atoms with Crippen LogP contribution in [0.4, 0.5) is 0 Å². The monoisotopic (exact) mass is 534 g/mol. The number of hydrogen-bond donors (Lipinski definition) is 8. The summed E-state index contributed by atoms with van der Waals surface area (Å²) in [6.07, 6.45) is 3.25. The Labute approximate surface area is 220 Å². The molecule has 4 atom stereocenters. The third-order valence-electron chi connectivity index (χ3n) is 5.48. The van der Waals surface area contributed by atoms with Crippen LogP contribution in [-0.2, 0) is 32.0 Å². The maximum Gasteiger partial charge on any atom is 0.326 e. The first-order valence-corrected chi connectivity index (χ1v) is 12.4. The van der Waals surface area contributed by atoms with Gasteiger partial charge in [0.2, 0.25) is 17.7 Å². The number of aliphatic carboxylic acids is 1. The number of aromatic amines is 1. The summed E-state index contributed by atoms with van der Waals surface area (Å²) in [7, 11) is 0. The number of hydrogen-bond acceptors (Lipinski definition) is 8. The van der Waals surface area contributed by atoms with Crippen LogP contribution in [0.15, 0.2) is 36.8 Å². The summed E-state index contributed by atoms with van der Waals surface area (Å²) in [4.78, 5) is 57.1. The average Bonchev–Trinajstić information content (AvgIpc) is 3.35. The van der Waals surface area contributed by atoms with Crippen molar-refractivity contribution >= 4 is 36.3 Å². The molecule has 1 aromatic carbocycles. The molecule has 2 rings (SSSR count). The number of imidazole rings is 1. The van der Waals surface area contributed by atoms with Crippen LogP contribution in [0.1, 0.15) is 31.5 Å². The standard InChI is InChI=1S/C24H34N6O6S/c1-13(2)7-17(25)21(32)30-20(11-37)23(34)28-18(9-15-10-26-12-27-15)22(33)29-19(24(35)36)8-14-3-5-16(31)6-4-14/h3-6,10,12-13,17-20,31,37H,7-9,11,25H2,1-2H3,(H,26,27)(H,28,34)(H,29,33)(H,30,32)(H,35,36). The van der Waals surface area contributed by atoms with Gasteiger partial charge in [-0.05, 0) is 30.0 Å². The molecule has 1 aromatic heterocycles. The summed E-state index contributed by atoms with van der Waals surface area (Å²) < 4.78 is 0. The van der Waals surface area contributed by atoms with Crippen molar-refractivity contribution in [3.63, 3.8) is 0 Å². The number of nitrogens with two attached hydrogens (primary N) is 1. The number of carboxylic acids is 1. The zero-order valence-electron chi connectivity index (χ0n) is 20.7. The van der Waals surface area contributed by atoms with E-state index in [1.165, 1.54) is 24.7 Å². The number of H-pyrrole nitrogens is 1. The lowest BCUT2D eigenvalue weighted by atomic mass is 10.0. The lowest BCUT2D eigenvalue weighted by Crippen LogP contribution is -2.58. The molecule has 2 aromatic rings. The molecule has 0 spiro atoms. The number of aromatic nitrogens is 2. The summed E-state index contributed by atoms with van der Waals surface area (Å²) in [5.74, 6) is -3.05. The molecule has 0 aliphatic carbocycles. The third kappa shape index (κ3) is 9.77. The Kier molecular flexibility index (Phi) is 11.4. The van der Waals surface area contributed by atoms with E-state index in [4.69, 9.17) is 5.73 Å². The smallest absolute Gasteiger partial charge is 0.326 e. The van der Waals surface area contributed by atoms with Gasteiger partial charge < -0.3 is 36.9 Å². The second-order valence-corrected chi connectivity index (χ2v) is 9.46. The van der Waals surface area contributed by atoms with Crippen molar-refractivity contribution in [3.05, 3.63) is 48.0 Å². The molecule has 0 saturated carbocycles. The predicted molar refractivity (Wildman–Crippen MR) is 139 cm³/mol. The molecule has 0 fully saturated rings. The molecule has 8 N–H and O–H groups in total. The van der Waals surface area contributed by atoms with Crippen LogP contribution >= 0.6 is 12.6 Å². The van der Waals surface area contributed by atoms with Gasteiger partial charge in [0.25, 0.3) is 0 Å². The van der Waals surface area contributed by atoms with Crippen molar-refractivity contribution in [1.82, 2.24) is 25.9 Å². The van der Waals surface area contributed by atoms with Gasteiger partial charge >= 0.3 is 5.97 Å². The minimum Gasteiger partial charge on any atom is -0.508 e. The highest BCUT2D eigenvalue weighted by Gasteiger charge is 2.30. The molecule has 13 heteroatoms. The SMILES string of the molecule is CC(C)CC(N)C(=O)NC(CS)C(=O)NC(Cc1cnc[nH]1)C(=O)NC(Cc1ccc(O)cc1)C(=O)O. The summed E-state index contributed by atoms with van der Waals surface area (Å²) in [5.41, 5.74) is 7.01. The number of nitrogens with one attached hydrogen (secondary N) is 4. The molecule has 0 radical (unpaired) electrons. The normalized spacial score (nSPS) is 14.3. The van der Waals surface area contributed by atoms with Crippen LogP contribution in [-0.4, -0.2) is 73.8 Å². The van der Waals surface area contributed by atoms with Crippen molar-refractivity contribution in [2.75, 3.05) is 5.75 Å². The Bertz CT molecular complexity index is 1050. The number of nitrogens with zero attached hydrogens (tertiary/aromatic N) is 1. The molecular formula is C24H34N6O6S. The van der Waals surface area contributed by atoms with Crippen molar-refractivity contribution in [2.45, 2.75) is 57.3 Å². The summed E-state index contributed by atoms with van der Waals surface area (Å²) in [6.45, 7) is 3.83. The first-order valence-electron chi connectivity index (χ1n) is 11.8. The summed E-state index contributed by atoms with van der Waals surface area (Å²) in [6, 6.07) is 1.56. The highest BCUT2D eigenvalue weighted by Crippen LogP contribution is 2.12. The van der Waals surface area contributed by atoms with Gasteiger partial charge in [-0.15, -0.1) is 0 Å². The lowest BCUT2D eigenvalue weighted by Gasteiger charge is -2.24. The van der Waals surface area contributed by atoms with Crippen molar-refractivity contribution < 1.29 is 29.4 Å². The molecule has 0 bridgehead atoms. The van der Waals surface area contributed by atoms with Gasteiger partial charge in [-0.2, -0.15) is 12.6 Å². The van der Waals surface area contributed by atoms with E-state index in [-0.39, 0.29) is 30.3 Å². The Hall–Kier alpha value is -3.58. The molecule has 0 aliphatic rings. The van der Waals surface area contributed by atoms with Crippen LogP contribution in [0.2, 0.25) is 0 Å². The molecule has 37 heavy (non-hydrogen) atoms. The maximum absolute atomic E-state index is 13.1. The highest BCUT2D eigenvalue weighted by atomic mass is 32.1. The number of thiol groups is 1. The molecule has 0 aliphatic heterocycles. The van der Waals surface area contributed by atoms with Gasteiger partial charge in [-0.3, -0.25) is 14.4 Å². The van der Waals surface area contributed by atoms with E-state index < -0.39 is 47.9 Å². The number of carbonyl (C=O) groups is 4. The number of carbonyl (C=O) groups excluding carboxylic acids is 3. The van der Waals surface area contributed by atoms with Gasteiger partial charge in [-0.25, -0.2) is 9.78 Å². The quantitative estimate of drug-likeness (QED) is 0.152. The number of amides is 3. The van der Waals surface area contributed by atoms with E-state index in [1.54, 1.807) is 12.1 Å². The van der Waals surface area contributed by atoms with E-state index in [9.17, 15) is 29.4 Å². The molecule has 4 unspecified atom stereocenters. The topological polar surface area (TPSA) is 200 Å². The first kappa shape index (κ1) is 29.6. The van der Waals surface area contributed by atoms with E-state index >= 15 is 0 Å². The number of aromatic hydroxyl groups is 1. The lowest BCUT2D eigenvalue weighted by molar-refractivity contribution is -0.142. The van der Waals surface area contributed by atoms with Crippen molar-refractivity contribution in [2.24, 2.45) is 11.7 Å². The first-order chi connectivity index (χ1) is 17.5. The number of phenolic OH excluding ortho intramolecular Hbond substituents is 1. The second-order valence-electron chi connectivity index (χ2n) is 9.09. The van der Waals surface area contributed by atoms with Crippen molar-refractivity contribution in [1.29, 1.82) is 0 Å². The molecule has 3 amide bonds. The number of benzene rings is 1.